The van der Waals surface area contributed by atoms with Gasteiger partial charge in [-0.3, -0.25) is 4.79 Å². The Morgan fingerprint density at radius 1 is 1.30 bits per heavy atom. The van der Waals surface area contributed by atoms with E-state index in [1.54, 1.807) is 7.11 Å². The Morgan fingerprint density at radius 2 is 2.00 bits per heavy atom. The van der Waals surface area contributed by atoms with Crippen LogP contribution in [-0.4, -0.2) is 26.2 Å². The summed E-state index contributed by atoms with van der Waals surface area (Å²) in [5.41, 5.74) is 7.97. The van der Waals surface area contributed by atoms with Gasteiger partial charge in [-0.1, -0.05) is 31.0 Å². The fourth-order valence-electron chi connectivity index (χ4n) is 3.34. The molecule has 1 saturated carbocycles. The lowest BCUT2D eigenvalue weighted by molar-refractivity contribution is -0.121. The maximum atomic E-state index is 12.1. The number of para-hydroxylation sites is 1. The van der Waals surface area contributed by atoms with E-state index in [-0.39, 0.29) is 23.7 Å². The van der Waals surface area contributed by atoms with E-state index in [1.807, 2.05) is 24.3 Å². The minimum absolute atomic E-state index is 0. The van der Waals surface area contributed by atoms with Crippen molar-refractivity contribution in [3.63, 3.8) is 0 Å². The average Bonchev–Trinajstić information content (AvgIpc) is 2.99. The number of halogens is 1. The monoisotopic (exact) mass is 340 g/mol. The van der Waals surface area contributed by atoms with Crippen LogP contribution in [0.5, 0.6) is 0 Å². The lowest BCUT2D eigenvalue weighted by Gasteiger charge is -2.29. The zero-order chi connectivity index (χ0) is 15.8. The van der Waals surface area contributed by atoms with Crippen LogP contribution in [-0.2, 0) is 16.0 Å². The molecule has 5 heteroatoms. The van der Waals surface area contributed by atoms with E-state index in [4.69, 9.17) is 10.5 Å². The van der Waals surface area contributed by atoms with E-state index < -0.39 is 0 Å². The van der Waals surface area contributed by atoms with Crippen molar-refractivity contribution < 1.29 is 9.53 Å². The fraction of sp³-hybridized carbons (Fsp3) is 0.611. The molecule has 1 aliphatic carbocycles. The van der Waals surface area contributed by atoms with Crippen LogP contribution in [0.2, 0.25) is 0 Å². The average molecular weight is 341 g/mol. The predicted molar refractivity (Wildman–Crippen MR) is 96.8 cm³/mol. The normalized spacial score (nSPS) is 15.9. The van der Waals surface area contributed by atoms with E-state index in [2.05, 4.69) is 5.32 Å². The van der Waals surface area contributed by atoms with Crippen LogP contribution in [0.1, 0.15) is 44.1 Å². The molecule has 0 heterocycles. The number of rotatable bonds is 8. The summed E-state index contributed by atoms with van der Waals surface area (Å²) in [6.45, 7) is 1.55. The second-order valence-corrected chi connectivity index (χ2v) is 6.43. The fourth-order valence-corrected chi connectivity index (χ4v) is 3.34. The molecule has 130 valence electrons. The SMILES string of the molecule is COCCC1(CNC(=O)CCc2ccccc2N)CCCC1.Cl. The minimum Gasteiger partial charge on any atom is -0.399 e. The highest BCUT2D eigenvalue weighted by atomic mass is 35.5. The zero-order valence-electron chi connectivity index (χ0n) is 14.0. The van der Waals surface area contributed by atoms with Gasteiger partial charge >= 0.3 is 0 Å². The van der Waals surface area contributed by atoms with Crippen molar-refractivity contribution in [2.75, 3.05) is 26.0 Å². The van der Waals surface area contributed by atoms with Gasteiger partial charge in [-0.2, -0.15) is 0 Å². The summed E-state index contributed by atoms with van der Waals surface area (Å²) in [5.74, 6) is 0.118. The third kappa shape index (κ3) is 6.04. The minimum atomic E-state index is 0. The summed E-state index contributed by atoms with van der Waals surface area (Å²) >= 11 is 0. The van der Waals surface area contributed by atoms with Crippen molar-refractivity contribution in [2.45, 2.75) is 44.9 Å². The number of ether oxygens (including phenoxy) is 1. The van der Waals surface area contributed by atoms with E-state index in [9.17, 15) is 4.79 Å². The van der Waals surface area contributed by atoms with Gasteiger partial charge in [-0.25, -0.2) is 0 Å². The van der Waals surface area contributed by atoms with Gasteiger partial charge in [0.1, 0.15) is 0 Å². The number of carbonyl (C=O) groups excluding carboxylic acids is 1. The molecule has 1 aromatic rings. The highest BCUT2D eigenvalue weighted by molar-refractivity contribution is 5.85. The van der Waals surface area contributed by atoms with Crippen molar-refractivity contribution >= 4 is 24.0 Å². The summed E-state index contributed by atoms with van der Waals surface area (Å²) in [6, 6.07) is 7.74. The maximum absolute atomic E-state index is 12.1. The van der Waals surface area contributed by atoms with E-state index in [0.29, 0.717) is 12.8 Å². The van der Waals surface area contributed by atoms with E-state index in [0.717, 1.165) is 30.8 Å². The van der Waals surface area contributed by atoms with Gasteiger partial charge in [0.05, 0.1) is 0 Å². The molecule has 0 atom stereocenters. The van der Waals surface area contributed by atoms with Crippen molar-refractivity contribution in [1.29, 1.82) is 0 Å². The van der Waals surface area contributed by atoms with Crippen LogP contribution in [0.4, 0.5) is 5.69 Å². The van der Waals surface area contributed by atoms with Crippen molar-refractivity contribution in [3.8, 4) is 0 Å². The van der Waals surface area contributed by atoms with Crippen LogP contribution in [0, 0.1) is 5.41 Å². The number of anilines is 1. The van der Waals surface area contributed by atoms with Crippen LogP contribution in [0.3, 0.4) is 0 Å². The van der Waals surface area contributed by atoms with Gasteiger partial charge in [-0.05, 0) is 42.7 Å². The van der Waals surface area contributed by atoms with Crippen LogP contribution in [0.15, 0.2) is 24.3 Å². The Bertz CT molecular complexity index is 488. The molecule has 2 rings (SSSR count). The number of carbonyl (C=O) groups is 1. The quantitative estimate of drug-likeness (QED) is 0.713. The first kappa shape index (κ1) is 19.8. The topological polar surface area (TPSA) is 64.3 Å². The Hall–Kier alpha value is -1.26. The molecule has 0 bridgehead atoms. The second-order valence-electron chi connectivity index (χ2n) is 6.43. The molecular formula is C18H29ClN2O2. The number of nitrogen functional groups attached to an aromatic ring is 1. The van der Waals surface area contributed by atoms with Crippen LogP contribution < -0.4 is 11.1 Å². The van der Waals surface area contributed by atoms with Gasteiger partial charge in [0, 0.05) is 32.4 Å². The summed E-state index contributed by atoms with van der Waals surface area (Å²) in [7, 11) is 1.74. The van der Waals surface area contributed by atoms with Crippen molar-refractivity contribution in [3.05, 3.63) is 29.8 Å². The molecule has 23 heavy (non-hydrogen) atoms. The van der Waals surface area contributed by atoms with Gasteiger partial charge < -0.3 is 15.8 Å². The number of aryl methyl sites for hydroxylation is 1. The molecule has 0 unspecified atom stereocenters. The lowest BCUT2D eigenvalue weighted by Crippen LogP contribution is -2.36. The smallest absolute Gasteiger partial charge is 0.220 e. The Kier molecular flexibility index (Phi) is 8.42. The molecule has 0 aliphatic heterocycles. The molecule has 0 spiro atoms. The summed E-state index contributed by atoms with van der Waals surface area (Å²) in [4.78, 5) is 12.1. The molecule has 0 radical (unpaired) electrons. The van der Waals surface area contributed by atoms with Crippen molar-refractivity contribution in [2.24, 2.45) is 5.41 Å². The molecule has 1 aromatic carbocycles. The largest absolute Gasteiger partial charge is 0.399 e. The first-order valence-electron chi connectivity index (χ1n) is 8.24. The molecule has 3 N–H and O–H groups in total. The number of nitrogens with two attached hydrogens (primary N) is 1. The van der Waals surface area contributed by atoms with E-state index >= 15 is 0 Å². The number of amides is 1. The second kappa shape index (κ2) is 9.78. The summed E-state index contributed by atoms with van der Waals surface area (Å²) < 4.78 is 5.23. The number of nitrogens with one attached hydrogen (secondary N) is 1. The Morgan fingerprint density at radius 3 is 2.65 bits per heavy atom. The highest BCUT2D eigenvalue weighted by Crippen LogP contribution is 2.40. The van der Waals surface area contributed by atoms with Crippen LogP contribution in [0.25, 0.3) is 0 Å². The molecule has 0 saturated heterocycles. The van der Waals surface area contributed by atoms with E-state index in [1.165, 1.54) is 25.7 Å². The molecule has 1 fully saturated rings. The molecule has 0 aromatic heterocycles. The van der Waals surface area contributed by atoms with Crippen LogP contribution >= 0.6 is 12.4 Å². The Balaban J connectivity index is 0.00000264. The van der Waals surface area contributed by atoms with Gasteiger partial charge in [0.2, 0.25) is 5.91 Å². The third-order valence-electron chi connectivity index (χ3n) is 4.84. The summed E-state index contributed by atoms with van der Waals surface area (Å²) in [5, 5.41) is 3.13. The zero-order valence-corrected chi connectivity index (χ0v) is 14.8. The number of benzene rings is 1. The number of methoxy groups -OCH3 is 1. The first-order chi connectivity index (χ1) is 10.7. The van der Waals surface area contributed by atoms with Gasteiger partial charge in [-0.15, -0.1) is 12.4 Å². The molecular weight excluding hydrogens is 312 g/mol. The lowest BCUT2D eigenvalue weighted by atomic mass is 9.83. The standard InChI is InChI=1S/C18H28N2O2.ClH/c1-22-13-12-18(10-4-5-11-18)14-20-17(21)9-8-15-6-2-3-7-16(15)19;/h2-3,6-7H,4-5,8-14,19H2,1H3,(H,20,21);1H. The summed E-state index contributed by atoms with van der Waals surface area (Å²) in [6.07, 6.45) is 7.15. The van der Waals surface area contributed by atoms with Gasteiger partial charge in [0.15, 0.2) is 0 Å². The molecule has 4 nitrogen and oxygen atoms in total. The van der Waals surface area contributed by atoms with Crippen molar-refractivity contribution in [1.82, 2.24) is 5.32 Å². The predicted octanol–water partition coefficient (Wildman–Crippen LogP) is 3.34. The number of hydrogen-bond donors (Lipinski definition) is 2. The highest BCUT2D eigenvalue weighted by Gasteiger charge is 2.33. The third-order valence-corrected chi connectivity index (χ3v) is 4.84. The molecule has 1 aliphatic rings. The first-order valence-corrected chi connectivity index (χ1v) is 8.24. The van der Waals surface area contributed by atoms with Gasteiger partial charge in [0.25, 0.3) is 0 Å². The Labute approximate surface area is 145 Å². The number of hydrogen-bond acceptors (Lipinski definition) is 3. The maximum Gasteiger partial charge on any atom is 0.220 e. The molecule has 1 amide bonds.